The number of carbonyl (C=O) groups excluding carboxylic acids is 2. The topological polar surface area (TPSA) is 231 Å². The number of esters is 1. The van der Waals surface area contributed by atoms with Gasteiger partial charge in [-0.05, 0) is 93.7 Å². The molecule has 356 valence electrons. The Kier molecular flexibility index (Phi) is 19.2. The SMILES string of the molecule is CC(C(=O)O)C1CCCC1.CC[C@H]1OC(=O)[C@H](C)[C@@H](O[C@H]2C[C@@](C)(OC)[C@@H](O)[C@H](C)O2)[C@H](C)[C@@H](O[C@@H]2O[C@H](C)C[C@H](N(C)C)[C@H]2O)[C@](C)(O)C[C@@H](C)C(=O)[C@H](C)[C@@H](O)[C@]1(C)O. The quantitative estimate of drug-likeness (QED) is 0.182. The number of carbonyl (C=O) groups is 3. The molecule has 1 aliphatic carbocycles. The van der Waals surface area contributed by atoms with E-state index >= 15 is 0 Å². The molecule has 6 N–H and O–H groups in total. The molecule has 0 aromatic rings. The van der Waals surface area contributed by atoms with Crippen LogP contribution in [-0.4, -0.2) is 159 Å². The molecule has 61 heavy (non-hydrogen) atoms. The van der Waals surface area contributed by atoms with E-state index in [1.54, 1.807) is 41.5 Å². The summed E-state index contributed by atoms with van der Waals surface area (Å²) in [4.78, 5) is 40.2. The second kappa shape index (κ2) is 21.9. The maximum atomic E-state index is 14.1. The number of nitrogens with zero attached hydrogens (tertiary/aromatic N) is 1. The summed E-state index contributed by atoms with van der Waals surface area (Å²) in [6.07, 6.45) is -5.02. The van der Waals surface area contributed by atoms with Gasteiger partial charge in [0.2, 0.25) is 0 Å². The lowest BCUT2D eigenvalue weighted by molar-refractivity contribution is -0.318. The molecule has 4 aliphatic rings. The van der Waals surface area contributed by atoms with E-state index in [1.165, 1.54) is 40.7 Å². The first-order valence-corrected chi connectivity index (χ1v) is 22.4. The molecule has 16 heteroatoms. The zero-order valence-corrected chi connectivity index (χ0v) is 39.3. The van der Waals surface area contributed by atoms with Crippen LogP contribution in [0.3, 0.4) is 0 Å². The number of hydrogen-bond acceptors (Lipinski definition) is 15. The minimum Gasteiger partial charge on any atom is -0.481 e. The van der Waals surface area contributed by atoms with Gasteiger partial charge in [0.1, 0.15) is 29.7 Å². The summed E-state index contributed by atoms with van der Waals surface area (Å²) in [5.41, 5.74) is -4.84. The summed E-state index contributed by atoms with van der Waals surface area (Å²) < 4.78 is 37.1. The van der Waals surface area contributed by atoms with Crippen LogP contribution in [0, 0.1) is 35.5 Å². The van der Waals surface area contributed by atoms with Crippen LogP contribution in [0.4, 0.5) is 0 Å². The summed E-state index contributed by atoms with van der Waals surface area (Å²) in [5.74, 6) is -5.28. The van der Waals surface area contributed by atoms with Crippen molar-refractivity contribution in [3.8, 4) is 0 Å². The number of hydrogen-bond donors (Lipinski definition) is 6. The Labute approximate surface area is 363 Å². The molecule has 1 unspecified atom stereocenters. The lowest BCUT2D eigenvalue weighted by atomic mass is 9.74. The summed E-state index contributed by atoms with van der Waals surface area (Å²) in [6.45, 7) is 18.1. The number of ether oxygens (including phenoxy) is 6. The predicted molar refractivity (Wildman–Crippen MR) is 225 cm³/mol. The van der Waals surface area contributed by atoms with Gasteiger partial charge in [-0.2, -0.15) is 0 Å². The van der Waals surface area contributed by atoms with Crippen molar-refractivity contribution >= 4 is 17.7 Å². The van der Waals surface area contributed by atoms with Gasteiger partial charge in [0.15, 0.2) is 12.6 Å². The largest absolute Gasteiger partial charge is 0.481 e. The van der Waals surface area contributed by atoms with Gasteiger partial charge in [0.25, 0.3) is 0 Å². The lowest BCUT2D eigenvalue weighted by Gasteiger charge is -2.49. The zero-order chi connectivity index (χ0) is 46.5. The zero-order valence-electron chi connectivity index (χ0n) is 39.3. The fraction of sp³-hybridized carbons (Fsp3) is 0.933. The Morgan fingerprint density at radius 3 is 2.02 bits per heavy atom. The molecule has 4 rings (SSSR count). The van der Waals surface area contributed by atoms with Crippen LogP contribution >= 0.6 is 0 Å². The molecule has 4 fully saturated rings. The maximum Gasteiger partial charge on any atom is 0.311 e. The summed E-state index contributed by atoms with van der Waals surface area (Å²) in [7, 11) is 5.18. The average molecular weight is 876 g/mol. The van der Waals surface area contributed by atoms with Crippen LogP contribution in [0.1, 0.15) is 128 Å². The van der Waals surface area contributed by atoms with E-state index in [2.05, 4.69) is 0 Å². The predicted octanol–water partition coefficient (Wildman–Crippen LogP) is 3.68. The molecule has 3 saturated heterocycles. The highest BCUT2D eigenvalue weighted by Gasteiger charge is 2.53. The molecule has 0 aromatic carbocycles. The second-order valence-electron chi connectivity index (χ2n) is 19.6. The monoisotopic (exact) mass is 876 g/mol. The molecule has 0 radical (unpaired) electrons. The number of Topliss-reactive ketones (excluding diaryl/α,β-unsaturated/α-hetero) is 1. The van der Waals surface area contributed by atoms with E-state index in [9.17, 15) is 39.9 Å². The van der Waals surface area contributed by atoms with E-state index in [0.29, 0.717) is 12.3 Å². The van der Waals surface area contributed by atoms with Crippen molar-refractivity contribution in [3.63, 3.8) is 0 Å². The molecule has 19 atom stereocenters. The number of methoxy groups -OCH3 is 1. The van der Waals surface area contributed by atoms with Crippen molar-refractivity contribution in [1.82, 2.24) is 4.90 Å². The third-order valence-corrected chi connectivity index (χ3v) is 14.3. The van der Waals surface area contributed by atoms with Crippen LogP contribution < -0.4 is 0 Å². The summed E-state index contributed by atoms with van der Waals surface area (Å²) >= 11 is 0. The van der Waals surface area contributed by atoms with E-state index < -0.39 is 114 Å². The van der Waals surface area contributed by atoms with Gasteiger partial charge in [0, 0.05) is 37.3 Å². The lowest BCUT2D eigenvalue weighted by Crippen LogP contribution is -2.61. The van der Waals surface area contributed by atoms with Crippen molar-refractivity contribution < 1.29 is 73.4 Å². The fourth-order valence-corrected chi connectivity index (χ4v) is 10.1. The average Bonchev–Trinajstić information content (AvgIpc) is 3.74. The van der Waals surface area contributed by atoms with Crippen molar-refractivity contribution in [3.05, 3.63) is 0 Å². The van der Waals surface area contributed by atoms with Gasteiger partial charge < -0.3 is 64.0 Å². The summed E-state index contributed by atoms with van der Waals surface area (Å²) in [6, 6.07) is -0.324. The molecule has 3 aliphatic heterocycles. The molecule has 0 aromatic heterocycles. The first-order valence-electron chi connectivity index (χ1n) is 22.4. The molecule has 1 saturated carbocycles. The number of carboxylic acids is 1. The van der Waals surface area contributed by atoms with Crippen LogP contribution in [0.25, 0.3) is 0 Å². The minimum absolute atomic E-state index is 0.0936. The molecule has 0 bridgehead atoms. The Morgan fingerprint density at radius 2 is 1.49 bits per heavy atom. The van der Waals surface area contributed by atoms with Gasteiger partial charge in [-0.25, -0.2) is 0 Å². The first-order chi connectivity index (χ1) is 28.1. The van der Waals surface area contributed by atoms with Crippen LogP contribution in [-0.2, 0) is 42.8 Å². The fourth-order valence-electron chi connectivity index (χ4n) is 10.1. The number of carboxylic acid groups (broad SMARTS) is 1. The second-order valence-corrected chi connectivity index (χ2v) is 19.6. The highest BCUT2D eigenvalue weighted by atomic mass is 16.7. The number of likely N-dealkylation sites (N-methyl/N-ethyl adjacent to an activating group) is 1. The number of rotatable bonds is 9. The minimum atomic E-state index is -1.99. The molecule has 0 spiro atoms. The van der Waals surface area contributed by atoms with Gasteiger partial charge in [-0.1, -0.05) is 47.5 Å². The van der Waals surface area contributed by atoms with Crippen molar-refractivity contribution in [2.24, 2.45) is 35.5 Å². The third-order valence-electron chi connectivity index (χ3n) is 14.3. The number of cyclic esters (lactones) is 1. The van der Waals surface area contributed by atoms with Crippen molar-refractivity contribution in [1.29, 1.82) is 0 Å². The Bertz CT molecular complexity index is 1420. The van der Waals surface area contributed by atoms with Crippen LogP contribution in [0.5, 0.6) is 0 Å². The van der Waals surface area contributed by atoms with E-state index in [1.807, 2.05) is 32.8 Å². The van der Waals surface area contributed by atoms with Gasteiger partial charge in [0.05, 0.1) is 53.6 Å². The maximum absolute atomic E-state index is 14.1. The molecule has 16 nitrogen and oxygen atoms in total. The Balaban J connectivity index is 0.000000866. The van der Waals surface area contributed by atoms with E-state index in [4.69, 9.17) is 33.5 Å². The molecular weight excluding hydrogens is 794 g/mol. The van der Waals surface area contributed by atoms with E-state index in [-0.39, 0.29) is 37.3 Å². The Morgan fingerprint density at radius 1 is 0.902 bits per heavy atom. The number of aliphatic hydroxyl groups excluding tert-OH is 3. The van der Waals surface area contributed by atoms with Crippen LogP contribution in [0.2, 0.25) is 0 Å². The number of ketones is 1. The van der Waals surface area contributed by atoms with Gasteiger partial charge in [-0.15, -0.1) is 0 Å². The number of aliphatic hydroxyl groups is 5. The summed E-state index contributed by atoms with van der Waals surface area (Å²) in [5, 5.41) is 66.3. The molecule has 0 amide bonds. The number of aliphatic carboxylic acids is 1. The highest BCUT2D eigenvalue weighted by molar-refractivity contribution is 5.83. The third kappa shape index (κ3) is 12.7. The first kappa shape index (κ1) is 53.5. The van der Waals surface area contributed by atoms with Crippen molar-refractivity contribution in [2.75, 3.05) is 21.2 Å². The molecule has 3 heterocycles. The Hall–Kier alpha value is -1.83. The van der Waals surface area contributed by atoms with Gasteiger partial charge >= 0.3 is 11.9 Å². The standard InChI is InChI=1S/C37H67NO13.C8H14O2/c1-14-25-37(10,45)30(41)20(4)27(39)18(2)16-35(8,44)32(51-34-28(40)24(38(11)12)15-19(3)47-34)21(5)29(22(6)33(43)49-25)50-26-17-36(9,46-13)31(42)23(7)48-26;1-6(8(9)10)7-4-2-3-5-7/h18-26,28-32,34,40-42,44-45H,14-17H2,1-13H3;6-7H,2-5H2,1H3,(H,9,10)/t18-,19-,20+,21+,22-,23+,24+,25-,26+,28-,29+,30-,31+,32-,34+,35-,36-,37-;/m1./s1. The highest BCUT2D eigenvalue weighted by Crippen LogP contribution is 2.41. The van der Waals surface area contributed by atoms with E-state index in [0.717, 1.165) is 12.8 Å². The normalized spacial score (nSPS) is 45.3. The van der Waals surface area contributed by atoms with Gasteiger partial charge in [-0.3, -0.25) is 14.4 Å². The van der Waals surface area contributed by atoms with Crippen molar-refractivity contribution in [2.45, 2.75) is 212 Å². The molecular formula is C45H81NO15. The van der Waals surface area contributed by atoms with Crippen LogP contribution in [0.15, 0.2) is 0 Å². The smallest absolute Gasteiger partial charge is 0.311 e.